The average Bonchev–Trinajstić information content (AvgIpc) is 2.44. The molecule has 0 atom stereocenters. The molecule has 0 unspecified atom stereocenters. The minimum absolute atomic E-state index is 0.266. The molecule has 0 fully saturated rings. The van der Waals surface area contributed by atoms with Gasteiger partial charge in [0.05, 0.1) is 10.2 Å². The van der Waals surface area contributed by atoms with Crippen LogP contribution in [-0.4, -0.2) is 10.5 Å². The lowest BCUT2D eigenvalue weighted by Crippen LogP contribution is -2.19. The number of rotatable bonds is 2. The van der Waals surface area contributed by atoms with Gasteiger partial charge >= 0.3 is 0 Å². The minimum atomic E-state index is -2.68. The lowest BCUT2D eigenvalue weighted by molar-refractivity contribution is 0.00450. The number of aromatic nitrogens is 1. The van der Waals surface area contributed by atoms with Crippen molar-refractivity contribution in [3.05, 3.63) is 33.5 Å². The molecule has 0 spiro atoms. The van der Waals surface area contributed by atoms with Gasteiger partial charge in [0.2, 0.25) is 0 Å². The van der Waals surface area contributed by atoms with Crippen molar-refractivity contribution < 1.29 is 8.78 Å². The van der Waals surface area contributed by atoms with Gasteiger partial charge in [0, 0.05) is 17.8 Å². The minimum Gasteiger partial charge on any atom is -0.330 e. The summed E-state index contributed by atoms with van der Waals surface area (Å²) in [7, 11) is 0. The molecule has 1 aromatic carbocycles. The number of aryl methyl sites for hydroxylation is 1. The number of alkyl halides is 2. The van der Waals surface area contributed by atoms with E-state index in [2.05, 4.69) is 22.6 Å². The van der Waals surface area contributed by atoms with Gasteiger partial charge in [-0.2, -0.15) is 0 Å². The Balaban J connectivity index is 2.61. The van der Waals surface area contributed by atoms with E-state index in [1.807, 2.05) is 31.2 Å². The molecule has 0 bridgehead atoms. The van der Waals surface area contributed by atoms with Crippen molar-refractivity contribution >= 4 is 33.5 Å². The number of hydrogen-bond donors (Lipinski definition) is 0. The van der Waals surface area contributed by atoms with Gasteiger partial charge in [0.1, 0.15) is 0 Å². The standard InChI is InChI=1S/C12H12F2IN/c1-8-4-3-5-10-9(8)6-11(15)16(10)7-12(2,13)14/h3-6H,7H2,1-2H3. The van der Waals surface area contributed by atoms with Crippen molar-refractivity contribution in [1.82, 2.24) is 4.57 Å². The molecule has 16 heavy (non-hydrogen) atoms. The lowest BCUT2D eigenvalue weighted by Gasteiger charge is -2.13. The summed E-state index contributed by atoms with van der Waals surface area (Å²) in [5, 5.41) is 1.05. The topological polar surface area (TPSA) is 4.93 Å². The zero-order valence-corrected chi connectivity index (χ0v) is 11.3. The number of nitrogens with zero attached hydrogens (tertiary/aromatic N) is 1. The summed E-state index contributed by atoms with van der Waals surface area (Å²) < 4.78 is 28.7. The second kappa shape index (κ2) is 3.98. The maximum atomic E-state index is 13.1. The van der Waals surface area contributed by atoms with Gasteiger partial charge in [-0.25, -0.2) is 8.78 Å². The lowest BCUT2D eigenvalue weighted by atomic mass is 10.1. The van der Waals surface area contributed by atoms with Crippen LogP contribution < -0.4 is 0 Å². The number of halogens is 3. The number of benzene rings is 1. The Hall–Kier alpha value is -0.650. The van der Waals surface area contributed by atoms with E-state index in [0.717, 1.165) is 27.1 Å². The van der Waals surface area contributed by atoms with Crippen LogP contribution in [0.2, 0.25) is 0 Å². The Morgan fingerprint density at radius 1 is 1.38 bits per heavy atom. The summed E-state index contributed by atoms with van der Waals surface area (Å²) in [6.07, 6.45) is 0. The van der Waals surface area contributed by atoms with Crippen LogP contribution in [0.15, 0.2) is 24.3 Å². The molecule has 0 aliphatic rings. The van der Waals surface area contributed by atoms with Crippen LogP contribution in [0.5, 0.6) is 0 Å². The first kappa shape index (κ1) is 11.8. The molecule has 0 N–H and O–H groups in total. The fourth-order valence-electron chi connectivity index (χ4n) is 1.84. The smallest absolute Gasteiger partial charge is 0.262 e. The van der Waals surface area contributed by atoms with E-state index in [4.69, 9.17) is 0 Å². The summed E-state index contributed by atoms with van der Waals surface area (Å²) in [5.41, 5.74) is 2.00. The third-order valence-electron chi connectivity index (χ3n) is 2.55. The van der Waals surface area contributed by atoms with Gasteiger partial charge in [-0.3, -0.25) is 0 Å². The fourth-order valence-corrected chi connectivity index (χ4v) is 2.58. The molecule has 0 saturated heterocycles. The maximum absolute atomic E-state index is 13.1. The molecule has 0 radical (unpaired) electrons. The van der Waals surface area contributed by atoms with Crippen LogP contribution in [-0.2, 0) is 6.54 Å². The third kappa shape index (κ3) is 2.21. The van der Waals surface area contributed by atoms with Gasteiger partial charge in [-0.1, -0.05) is 12.1 Å². The highest BCUT2D eigenvalue weighted by atomic mass is 127. The van der Waals surface area contributed by atoms with Crippen LogP contribution in [0.3, 0.4) is 0 Å². The predicted molar refractivity (Wildman–Crippen MR) is 70.0 cm³/mol. The highest BCUT2D eigenvalue weighted by Crippen LogP contribution is 2.27. The van der Waals surface area contributed by atoms with E-state index in [1.165, 1.54) is 0 Å². The molecule has 0 aliphatic carbocycles. The van der Waals surface area contributed by atoms with Crippen LogP contribution in [0, 0.1) is 10.6 Å². The molecule has 0 saturated carbocycles. The van der Waals surface area contributed by atoms with E-state index in [9.17, 15) is 8.78 Å². The third-order valence-corrected chi connectivity index (χ3v) is 3.44. The van der Waals surface area contributed by atoms with Gasteiger partial charge < -0.3 is 4.57 Å². The van der Waals surface area contributed by atoms with Gasteiger partial charge in [0.25, 0.3) is 5.92 Å². The Morgan fingerprint density at radius 3 is 2.69 bits per heavy atom. The van der Waals surface area contributed by atoms with Crippen LogP contribution in [0.1, 0.15) is 12.5 Å². The molecule has 1 nitrogen and oxygen atoms in total. The summed E-state index contributed by atoms with van der Waals surface area (Å²) in [6, 6.07) is 7.73. The molecular formula is C12H12F2IN. The molecule has 2 rings (SSSR count). The Kier molecular flexibility index (Phi) is 2.94. The first-order valence-corrected chi connectivity index (χ1v) is 6.08. The van der Waals surface area contributed by atoms with E-state index in [-0.39, 0.29) is 6.54 Å². The zero-order valence-electron chi connectivity index (χ0n) is 9.10. The molecule has 2 aromatic rings. The quantitative estimate of drug-likeness (QED) is 0.725. The molecule has 0 amide bonds. The van der Waals surface area contributed by atoms with Crippen LogP contribution in [0.25, 0.3) is 10.9 Å². The fraction of sp³-hybridized carbons (Fsp3) is 0.333. The normalized spacial score (nSPS) is 12.3. The van der Waals surface area contributed by atoms with Crippen molar-refractivity contribution in [2.45, 2.75) is 26.3 Å². The van der Waals surface area contributed by atoms with Crippen molar-refractivity contribution in [3.8, 4) is 0 Å². The van der Waals surface area contributed by atoms with Crippen LogP contribution >= 0.6 is 22.6 Å². The zero-order chi connectivity index (χ0) is 11.9. The largest absolute Gasteiger partial charge is 0.330 e. The van der Waals surface area contributed by atoms with Crippen molar-refractivity contribution in [3.63, 3.8) is 0 Å². The van der Waals surface area contributed by atoms with Gasteiger partial charge in [-0.15, -0.1) is 0 Å². The van der Waals surface area contributed by atoms with E-state index in [1.54, 1.807) is 4.57 Å². The SMILES string of the molecule is Cc1cccc2c1cc(I)n2CC(C)(F)F. The second-order valence-electron chi connectivity index (χ2n) is 4.13. The highest BCUT2D eigenvalue weighted by molar-refractivity contribution is 14.1. The Bertz CT molecular complexity index is 526. The summed E-state index contributed by atoms with van der Waals surface area (Å²) in [5.74, 6) is -2.68. The van der Waals surface area contributed by atoms with E-state index < -0.39 is 5.92 Å². The second-order valence-corrected chi connectivity index (χ2v) is 5.24. The van der Waals surface area contributed by atoms with Crippen LogP contribution in [0.4, 0.5) is 8.78 Å². The van der Waals surface area contributed by atoms with Crippen molar-refractivity contribution in [2.24, 2.45) is 0 Å². The summed E-state index contributed by atoms with van der Waals surface area (Å²) >= 11 is 2.10. The Labute approximate surface area is 107 Å². The average molecular weight is 335 g/mol. The molecule has 1 heterocycles. The van der Waals surface area contributed by atoms with Gasteiger partial charge in [0.15, 0.2) is 0 Å². The molecule has 1 aromatic heterocycles. The van der Waals surface area contributed by atoms with E-state index in [0.29, 0.717) is 0 Å². The molecule has 86 valence electrons. The summed E-state index contributed by atoms with van der Waals surface area (Å²) in [6.45, 7) is 2.68. The van der Waals surface area contributed by atoms with Gasteiger partial charge in [-0.05, 0) is 47.2 Å². The first-order valence-electron chi connectivity index (χ1n) is 5.01. The monoisotopic (exact) mass is 335 g/mol. The predicted octanol–water partition coefficient (Wildman–Crippen LogP) is 4.21. The van der Waals surface area contributed by atoms with E-state index >= 15 is 0 Å². The first-order chi connectivity index (χ1) is 7.38. The molecule has 4 heteroatoms. The number of fused-ring (bicyclic) bond motifs is 1. The Morgan fingerprint density at radius 2 is 2.06 bits per heavy atom. The maximum Gasteiger partial charge on any atom is 0.262 e. The number of hydrogen-bond acceptors (Lipinski definition) is 0. The molecule has 0 aliphatic heterocycles. The molecular weight excluding hydrogens is 323 g/mol. The highest BCUT2D eigenvalue weighted by Gasteiger charge is 2.24. The van der Waals surface area contributed by atoms with Crippen molar-refractivity contribution in [2.75, 3.05) is 0 Å². The summed E-state index contributed by atoms with van der Waals surface area (Å²) in [4.78, 5) is 0. The van der Waals surface area contributed by atoms with Crippen molar-refractivity contribution in [1.29, 1.82) is 0 Å².